The molecular weight excluding hydrogens is 640 g/mol. The van der Waals surface area contributed by atoms with Crippen molar-refractivity contribution >= 4 is 29.5 Å². The number of methoxy groups -OCH3 is 1. The van der Waals surface area contributed by atoms with E-state index in [-0.39, 0.29) is 43.3 Å². The molecule has 2 aliphatic carbocycles. The maximum Gasteiger partial charge on any atom is 0.257 e. The summed E-state index contributed by atoms with van der Waals surface area (Å²) in [6, 6.07) is 14.8. The van der Waals surface area contributed by atoms with Crippen molar-refractivity contribution in [2.45, 2.75) is 75.5 Å². The number of amides is 5. The summed E-state index contributed by atoms with van der Waals surface area (Å²) in [5.41, 5.74) is 2.55. The number of carbonyl (C=O) groups excluding carboxylic acids is 5. The zero-order chi connectivity index (χ0) is 35.3. The molecular formula is C37H42N6O7. The van der Waals surface area contributed by atoms with Gasteiger partial charge in [0, 0.05) is 18.5 Å². The second kappa shape index (κ2) is 15.0. The van der Waals surface area contributed by atoms with Gasteiger partial charge in [-0.3, -0.25) is 24.0 Å². The van der Waals surface area contributed by atoms with Crippen LogP contribution in [0, 0.1) is 0 Å². The number of carbonyl (C=O) groups is 5. The largest absolute Gasteiger partial charge is 0.492 e. The molecule has 7 rings (SSSR count). The summed E-state index contributed by atoms with van der Waals surface area (Å²) in [6.07, 6.45) is 3.73. The van der Waals surface area contributed by atoms with Crippen LogP contribution in [0.2, 0.25) is 0 Å². The first-order chi connectivity index (χ1) is 24.1. The highest BCUT2D eigenvalue weighted by Gasteiger charge is 2.51. The number of hydrogen-bond donors (Lipinski definition) is 5. The third-order valence-corrected chi connectivity index (χ3v) is 9.31. The smallest absolute Gasteiger partial charge is 0.257 e. The first-order valence-corrected chi connectivity index (χ1v) is 17.0. The molecule has 3 atom stereocenters. The molecule has 5 N–H and O–H groups in total. The van der Waals surface area contributed by atoms with Crippen molar-refractivity contribution in [1.29, 1.82) is 0 Å². The van der Waals surface area contributed by atoms with Gasteiger partial charge in [-0.1, -0.05) is 42.5 Å². The van der Waals surface area contributed by atoms with E-state index in [1.807, 2.05) is 30.3 Å². The van der Waals surface area contributed by atoms with Crippen LogP contribution in [-0.2, 0) is 44.9 Å². The van der Waals surface area contributed by atoms with E-state index in [0.29, 0.717) is 18.6 Å². The molecule has 1 saturated carbocycles. The van der Waals surface area contributed by atoms with E-state index < -0.39 is 47.3 Å². The Labute approximate surface area is 290 Å². The molecule has 1 aromatic heterocycles. The predicted molar refractivity (Wildman–Crippen MR) is 183 cm³/mol. The highest BCUT2D eigenvalue weighted by atomic mass is 16.5. The van der Waals surface area contributed by atoms with Gasteiger partial charge in [-0.05, 0) is 73.9 Å². The molecule has 0 unspecified atom stereocenters. The maximum atomic E-state index is 13.8. The molecule has 13 nitrogen and oxygen atoms in total. The van der Waals surface area contributed by atoms with Gasteiger partial charge in [0.25, 0.3) is 5.91 Å². The van der Waals surface area contributed by atoms with Crippen LogP contribution >= 0.6 is 0 Å². The number of aromatic nitrogens is 1. The summed E-state index contributed by atoms with van der Waals surface area (Å²) in [5, 5.41) is 14.0. The molecule has 262 valence electrons. The number of pyridine rings is 1. The Morgan fingerprint density at radius 2 is 1.74 bits per heavy atom. The minimum Gasteiger partial charge on any atom is -0.492 e. The van der Waals surface area contributed by atoms with E-state index in [0.717, 1.165) is 41.6 Å². The monoisotopic (exact) mass is 682 g/mol. The lowest BCUT2D eigenvalue weighted by Crippen LogP contribution is -2.59. The SMILES string of the molecule is COc1nc2c(cc1C(=O)N[C@H]1Cc3ccc(cc3)OCCNC(=O)C3(CC3)NC(=O)[C@@H](Cc3ccccc3)NC(=O)[C@H](C)NC1=O)CCC2. The Morgan fingerprint density at radius 1 is 0.980 bits per heavy atom. The fourth-order valence-electron chi connectivity index (χ4n) is 6.27. The number of nitrogens with one attached hydrogen (secondary N) is 5. The number of benzene rings is 2. The first kappa shape index (κ1) is 34.4. The number of hydrogen-bond acceptors (Lipinski definition) is 8. The van der Waals surface area contributed by atoms with E-state index in [4.69, 9.17) is 9.47 Å². The van der Waals surface area contributed by atoms with Gasteiger partial charge in [0.1, 0.15) is 41.6 Å². The Kier molecular flexibility index (Phi) is 10.3. The quantitative estimate of drug-likeness (QED) is 0.250. The van der Waals surface area contributed by atoms with Crippen molar-refractivity contribution in [3.63, 3.8) is 0 Å². The van der Waals surface area contributed by atoms with Gasteiger partial charge in [0.2, 0.25) is 29.5 Å². The summed E-state index contributed by atoms with van der Waals surface area (Å²) in [6.45, 7) is 1.91. The molecule has 4 aliphatic rings. The fraction of sp³-hybridized carbons (Fsp3) is 0.405. The third-order valence-electron chi connectivity index (χ3n) is 9.31. The molecule has 13 heteroatoms. The van der Waals surface area contributed by atoms with Crippen molar-refractivity contribution in [2.75, 3.05) is 20.3 Å². The highest BCUT2D eigenvalue weighted by molar-refractivity contribution is 6.01. The van der Waals surface area contributed by atoms with Gasteiger partial charge in [0.05, 0.1) is 13.7 Å². The predicted octanol–water partition coefficient (Wildman–Crippen LogP) is 1.31. The number of ether oxygens (including phenoxy) is 2. The summed E-state index contributed by atoms with van der Waals surface area (Å²) in [5.74, 6) is -1.83. The molecule has 0 radical (unpaired) electrons. The Hall–Kier alpha value is -5.46. The molecule has 0 saturated heterocycles. The van der Waals surface area contributed by atoms with Crippen molar-refractivity contribution in [1.82, 2.24) is 31.6 Å². The summed E-state index contributed by atoms with van der Waals surface area (Å²) >= 11 is 0. The van der Waals surface area contributed by atoms with Crippen LogP contribution in [0.3, 0.4) is 0 Å². The van der Waals surface area contributed by atoms with Crippen LogP contribution in [0.4, 0.5) is 0 Å². The Bertz CT molecular complexity index is 1760. The third kappa shape index (κ3) is 8.04. The van der Waals surface area contributed by atoms with Crippen molar-refractivity contribution in [2.24, 2.45) is 0 Å². The molecule has 2 aromatic carbocycles. The fourth-order valence-corrected chi connectivity index (χ4v) is 6.27. The lowest BCUT2D eigenvalue weighted by Gasteiger charge is -2.26. The molecule has 2 bridgehead atoms. The number of aryl methyl sites for hydroxylation is 2. The first-order valence-electron chi connectivity index (χ1n) is 17.0. The standard InChI is InChI=1S/C37H42N6O7/c1-22-31(44)40-30(19-23-7-4-3-5-8-23)34(47)43-37(15-16-37)36(48)38-17-18-50-26-13-11-24(12-14-26)20-29(33(46)39-22)41-32(45)27-21-25-9-6-10-28(25)42-35(27)49-2/h3-5,7-8,11-14,21-22,29-30H,6,9-10,15-20H2,1-2H3,(H,38,48)(H,39,46)(H,40,44)(H,41,45)(H,43,47)/t22-,29-,30+/m0/s1. The zero-order valence-electron chi connectivity index (χ0n) is 28.2. The second-order valence-corrected chi connectivity index (χ2v) is 13.0. The van der Waals surface area contributed by atoms with Crippen LogP contribution in [0.15, 0.2) is 60.7 Å². The van der Waals surface area contributed by atoms with Gasteiger partial charge in [-0.25, -0.2) is 4.98 Å². The van der Waals surface area contributed by atoms with Crippen molar-refractivity contribution in [3.05, 3.63) is 88.6 Å². The van der Waals surface area contributed by atoms with Gasteiger partial charge >= 0.3 is 0 Å². The van der Waals surface area contributed by atoms with Crippen LogP contribution in [0.1, 0.15) is 58.9 Å². The van der Waals surface area contributed by atoms with Crippen LogP contribution in [0.5, 0.6) is 11.6 Å². The summed E-state index contributed by atoms with van der Waals surface area (Å²) in [4.78, 5) is 72.3. The van der Waals surface area contributed by atoms with Gasteiger partial charge in [-0.2, -0.15) is 0 Å². The maximum absolute atomic E-state index is 13.8. The average Bonchev–Trinajstić information content (AvgIpc) is 3.75. The summed E-state index contributed by atoms with van der Waals surface area (Å²) < 4.78 is 11.3. The van der Waals surface area contributed by atoms with Crippen molar-refractivity contribution < 1.29 is 33.4 Å². The lowest BCUT2D eigenvalue weighted by molar-refractivity contribution is -0.134. The molecule has 1 spiro atoms. The Balaban J connectivity index is 1.25. The average molecular weight is 683 g/mol. The normalized spacial score (nSPS) is 22.2. The highest BCUT2D eigenvalue weighted by Crippen LogP contribution is 2.35. The molecule has 3 heterocycles. The zero-order valence-corrected chi connectivity index (χ0v) is 28.2. The van der Waals surface area contributed by atoms with Crippen LogP contribution in [-0.4, -0.2) is 78.4 Å². The lowest BCUT2D eigenvalue weighted by atomic mass is 10.0. The van der Waals surface area contributed by atoms with E-state index in [2.05, 4.69) is 31.6 Å². The van der Waals surface area contributed by atoms with E-state index in [9.17, 15) is 24.0 Å². The number of rotatable bonds is 5. The summed E-state index contributed by atoms with van der Waals surface area (Å²) in [7, 11) is 1.45. The molecule has 1 fully saturated rings. The molecule has 5 amide bonds. The minimum absolute atomic E-state index is 0.101. The van der Waals surface area contributed by atoms with Gasteiger partial charge < -0.3 is 36.1 Å². The Morgan fingerprint density at radius 3 is 2.46 bits per heavy atom. The van der Waals surface area contributed by atoms with Crippen molar-refractivity contribution in [3.8, 4) is 11.6 Å². The van der Waals surface area contributed by atoms with E-state index in [1.54, 1.807) is 30.3 Å². The number of fused-ring (bicyclic) bond motifs is 16. The van der Waals surface area contributed by atoms with E-state index >= 15 is 0 Å². The van der Waals surface area contributed by atoms with Crippen LogP contribution in [0.25, 0.3) is 0 Å². The topological polar surface area (TPSA) is 177 Å². The van der Waals surface area contributed by atoms with Gasteiger partial charge in [-0.15, -0.1) is 0 Å². The molecule has 50 heavy (non-hydrogen) atoms. The van der Waals surface area contributed by atoms with Gasteiger partial charge in [0.15, 0.2) is 0 Å². The molecule has 3 aromatic rings. The second-order valence-electron chi connectivity index (χ2n) is 13.0. The molecule has 2 aliphatic heterocycles. The van der Waals surface area contributed by atoms with Crippen LogP contribution < -0.4 is 36.1 Å². The number of nitrogens with zero attached hydrogens (tertiary/aromatic N) is 1. The minimum atomic E-state index is -1.08. The van der Waals surface area contributed by atoms with E-state index in [1.165, 1.54) is 14.0 Å².